The van der Waals surface area contributed by atoms with Crippen molar-refractivity contribution in [3.05, 3.63) is 70.4 Å². The van der Waals surface area contributed by atoms with E-state index in [1.54, 1.807) is 10.3 Å². The Kier molecular flexibility index (Phi) is 6.34. The van der Waals surface area contributed by atoms with Crippen LogP contribution in [0.3, 0.4) is 0 Å². The fraction of sp³-hybridized carbons (Fsp3) is 0.190. The van der Waals surface area contributed by atoms with E-state index < -0.39 is 6.03 Å². The average molecular weight is 460 g/mol. The largest absolute Gasteiger partial charge is 0.368 e. The number of hydrogen-bond donors (Lipinski definition) is 2. The van der Waals surface area contributed by atoms with E-state index in [0.717, 1.165) is 5.69 Å². The van der Waals surface area contributed by atoms with Gasteiger partial charge in [0, 0.05) is 48.0 Å². The predicted molar refractivity (Wildman–Crippen MR) is 121 cm³/mol. The average Bonchev–Trinajstić information content (AvgIpc) is 3.24. The molecular weight excluding hydrogens is 441 g/mol. The first kappa shape index (κ1) is 21.1. The van der Waals surface area contributed by atoms with Crippen LogP contribution in [0.5, 0.6) is 0 Å². The highest BCUT2D eigenvalue weighted by molar-refractivity contribution is 7.14. The molecule has 0 bridgehead atoms. The van der Waals surface area contributed by atoms with E-state index in [0.29, 0.717) is 47.7 Å². The van der Waals surface area contributed by atoms with Crippen LogP contribution in [-0.4, -0.2) is 48.0 Å². The predicted octanol–water partition coefficient (Wildman–Crippen LogP) is 4.54. The highest BCUT2D eigenvalue weighted by Gasteiger charge is 2.24. The topological polar surface area (TPSA) is 77.6 Å². The van der Waals surface area contributed by atoms with Crippen LogP contribution in [0.2, 0.25) is 5.02 Å². The number of carbonyl (C=O) groups excluding carboxylic acids is 2. The molecule has 1 aliphatic rings. The van der Waals surface area contributed by atoms with Gasteiger partial charge in [-0.2, -0.15) is 0 Å². The molecule has 0 radical (unpaired) electrons. The summed E-state index contributed by atoms with van der Waals surface area (Å²) < 4.78 is 12.9. The first-order chi connectivity index (χ1) is 15.0. The Labute approximate surface area is 187 Å². The highest BCUT2D eigenvalue weighted by atomic mass is 35.5. The maximum atomic E-state index is 12.9. The molecule has 1 fully saturated rings. The smallest absolute Gasteiger partial charge is 0.325 e. The van der Waals surface area contributed by atoms with E-state index in [4.69, 9.17) is 11.6 Å². The van der Waals surface area contributed by atoms with E-state index in [1.807, 2.05) is 24.3 Å². The minimum absolute atomic E-state index is 0.168. The molecular formula is C21H19ClFN5O2S. The van der Waals surface area contributed by atoms with Crippen LogP contribution < -0.4 is 15.5 Å². The van der Waals surface area contributed by atoms with Gasteiger partial charge in [0.2, 0.25) is 0 Å². The number of benzene rings is 2. The summed E-state index contributed by atoms with van der Waals surface area (Å²) in [5, 5.41) is 7.80. The molecule has 2 heterocycles. The SMILES string of the molecule is O=C(Nc1ccc(F)cc1)Nc1nc(C(=O)N2CCN(c3ccc(Cl)cc3)CC2)cs1. The Morgan fingerprint density at radius 3 is 2.32 bits per heavy atom. The monoisotopic (exact) mass is 459 g/mol. The first-order valence-electron chi connectivity index (χ1n) is 9.57. The summed E-state index contributed by atoms with van der Waals surface area (Å²) in [5.41, 5.74) is 1.82. The fourth-order valence-corrected chi connectivity index (χ4v) is 4.01. The van der Waals surface area contributed by atoms with E-state index in [-0.39, 0.29) is 11.7 Å². The van der Waals surface area contributed by atoms with E-state index >= 15 is 0 Å². The minimum Gasteiger partial charge on any atom is -0.368 e. The Morgan fingerprint density at radius 2 is 1.65 bits per heavy atom. The molecule has 0 unspecified atom stereocenters. The summed E-state index contributed by atoms with van der Waals surface area (Å²) in [6.07, 6.45) is 0. The van der Waals surface area contributed by atoms with Gasteiger partial charge in [-0.05, 0) is 48.5 Å². The van der Waals surface area contributed by atoms with Gasteiger partial charge in [0.15, 0.2) is 5.13 Å². The van der Waals surface area contributed by atoms with Crippen LogP contribution in [0.25, 0.3) is 0 Å². The lowest BCUT2D eigenvalue weighted by atomic mass is 10.2. The van der Waals surface area contributed by atoms with Gasteiger partial charge in [-0.25, -0.2) is 14.2 Å². The molecule has 1 saturated heterocycles. The molecule has 2 N–H and O–H groups in total. The van der Waals surface area contributed by atoms with E-state index in [1.165, 1.54) is 35.6 Å². The summed E-state index contributed by atoms with van der Waals surface area (Å²) >= 11 is 7.11. The fourth-order valence-electron chi connectivity index (χ4n) is 3.20. The molecule has 0 saturated carbocycles. The zero-order chi connectivity index (χ0) is 21.8. The number of carbonyl (C=O) groups is 2. The third kappa shape index (κ3) is 5.31. The Balaban J connectivity index is 1.30. The van der Waals surface area contributed by atoms with Crippen molar-refractivity contribution in [2.75, 3.05) is 41.7 Å². The van der Waals surface area contributed by atoms with Crippen LogP contribution >= 0.6 is 22.9 Å². The van der Waals surface area contributed by atoms with Crippen molar-refractivity contribution < 1.29 is 14.0 Å². The van der Waals surface area contributed by atoms with E-state index in [2.05, 4.69) is 20.5 Å². The number of thiazole rings is 1. The zero-order valence-electron chi connectivity index (χ0n) is 16.3. The summed E-state index contributed by atoms with van der Waals surface area (Å²) in [4.78, 5) is 33.1. The van der Waals surface area contributed by atoms with Gasteiger partial charge in [0.05, 0.1) is 0 Å². The number of nitrogens with one attached hydrogen (secondary N) is 2. The molecule has 0 spiro atoms. The second-order valence-electron chi connectivity index (χ2n) is 6.88. The number of nitrogens with zero attached hydrogens (tertiary/aromatic N) is 3. The number of urea groups is 1. The van der Waals surface area contributed by atoms with Gasteiger partial charge in [-0.3, -0.25) is 10.1 Å². The minimum atomic E-state index is -0.517. The molecule has 0 aliphatic carbocycles. The second kappa shape index (κ2) is 9.32. The number of aromatic nitrogens is 1. The molecule has 3 amide bonds. The van der Waals surface area contributed by atoms with Crippen molar-refractivity contribution in [3.8, 4) is 0 Å². The quantitative estimate of drug-likeness (QED) is 0.600. The lowest BCUT2D eigenvalue weighted by molar-refractivity contribution is 0.0741. The second-order valence-corrected chi connectivity index (χ2v) is 8.17. The molecule has 1 aromatic heterocycles. The summed E-state index contributed by atoms with van der Waals surface area (Å²) in [7, 11) is 0. The molecule has 160 valence electrons. The van der Waals surface area contributed by atoms with Crippen molar-refractivity contribution in [3.63, 3.8) is 0 Å². The molecule has 1 aliphatic heterocycles. The number of halogens is 2. The van der Waals surface area contributed by atoms with Crippen molar-refractivity contribution >= 4 is 51.4 Å². The van der Waals surface area contributed by atoms with Crippen LogP contribution in [-0.2, 0) is 0 Å². The normalized spacial score (nSPS) is 13.7. The van der Waals surface area contributed by atoms with Gasteiger partial charge in [0.25, 0.3) is 5.91 Å². The molecule has 2 aromatic carbocycles. The van der Waals surface area contributed by atoms with Crippen LogP contribution in [0.4, 0.5) is 25.7 Å². The van der Waals surface area contributed by atoms with Crippen LogP contribution in [0, 0.1) is 5.82 Å². The van der Waals surface area contributed by atoms with Crippen LogP contribution in [0.15, 0.2) is 53.9 Å². The maximum absolute atomic E-state index is 12.9. The number of amides is 3. The zero-order valence-corrected chi connectivity index (χ0v) is 17.9. The summed E-state index contributed by atoms with van der Waals surface area (Å²) in [6.45, 7) is 2.57. The lowest BCUT2D eigenvalue weighted by Crippen LogP contribution is -2.48. The van der Waals surface area contributed by atoms with Gasteiger partial charge < -0.3 is 15.1 Å². The molecule has 0 atom stereocenters. The number of rotatable bonds is 4. The van der Waals surface area contributed by atoms with Crippen molar-refractivity contribution in [1.82, 2.24) is 9.88 Å². The Morgan fingerprint density at radius 1 is 0.968 bits per heavy atom. The number of anilines is 3. The molecule has 4 rings (SSSR count). The maximum Gasteiger partial charge on any atom is 0.325 e. The highest BCUT2D eigenvalue weighted by Crippen LogP contribution is 2.21. The summed E-state index contributed by atoms with van der Waals surface area (Å²) in [5.74, 6) is -0.554. The van der Waals surface area contributed by atoms with Crippen molar-refractivity contribution in [2.24, 2.45) is 0 Å². The van der Waals surface area contributed by atoms with Gasteiger partial charge in [-0.1, -0.05) is 11.6 Å². The van der Waals surface area contributed by atoms with Gasteiger partial charge in [-0.15, -0.1) is 11.3 Å². The van der Waals surface area contributed by atoms with Crippen LogP contribution in [0.1, 0.15) is 10.5 Å². The standard InChI is InChI=1S/C21H19ClFN5O2S/c22-14-1-7-17(8-2-14)27-9-11-28(12-10-27)19(29)18-13-31-21(25-18)26-20(30)24-16-5-3-15(23)4-6-16/h1-8,13H,9-12H2,(H2,24,25,26,30). The number of piperazine rings is 1. The van der Waals surface area contributed by atoms with Gasteiger partial charge in [0.1, 0.15) is 11.5 Å². The van der Waals surface area contributed by atoms with E-state index in [9.17, 15) is 14.0 Å². The lowest BCUT2D eigenvalue weighted by Gasteiger charge is -2.35. The number of hydrogen-bond acceptors (Lipinski definition) is 5. The third-order valence-corrected chi connectivity index (χ3v) is 5.81. The molecule has 3 aromatic rings. The Bertz CT molecular complexity index is 1070. The van der Waals surface area contributed by atoms with Crippen molar-refractivity contribution in [2.45, 2.75) is 0 Å². The first-order valence-corrected chi connectivity index (χ1v) is 10.8. The molecule has 7 nitrogen and oxygen atoms in total. The molecule has 31 heavy (non-hydrogen) atoms. The third-order valence-electron chi connectivity index (χ3n) is 4.80. The Hall–Kier alpha value is -3.17. The van der Waals surface area contributed by atoms with Crippen molar-refractivity contribution in [1.29, 1.82) is 0 Å². The van der Waals surface area contributed by atoms with Gasteiger partial charge >= 0.3 is 6.03 Å². The molecule has 10 heteroatoms. The summed E-state index contributed by atoms with van der Waals surface area (Å²) in [6, 6.07) is 12.5.